The van der Waals surface area contributed by atoms with Crippen LogP contribution in [0.4, 0.5) is 4.79 Å². The molecule has 2 fully saturated rings. The topological polar surface area (TPSA) is 116 Å². The van der Waals surface area contributed by atoms with E-state index >= 15 is 0 Å². The van der Waals surface area contributed by atoms with Crippen LogP contribution in [-0.4, -0.2) is 60.9 Å². The number of fused-ring (bicyclic) bond motifs is 1. The quantitative estimate of drug-likeness (QED) is 0.392. The van der Waals surface area contributed by atoms with Crippen molar-refractivity contribution in [3.8, 4) is 0 Å². The zero-order valence-electron chi connectivity index (χ0n) is 13.1. The molecule has 0 aromatic heterocycles. The number of amides is 1. The van der Waals surface area contributed by atoms with Crippen LogP contribution >= 0.6 is 0 Å². The number of hydrogen-bond acceptors (Lipinski definition) is 8. The summed E-state index contributed by atoms with van der Waals surface area (Å²) in [5.74, 6) is -1.35. The highest BCUT2D eigenvalue weighted by Crippen LogP contribution is 2.45. The Bertz CT molecular complexity index is 626. The molecular formula is C13H19NO8S. The van der Waals surface area contributed by atoms with E-state index in [-0.39, 0.29) is 13.0 Å². The van der Waals surface area contributed by atoms with Crippen molar-refractivity contribution in [2.24, 2.45) is 0 Å². The summed E-state index contributed by atoms with van der Waals surface area (Å²) >= 11 is 0. The fourth-order valence-corrected chi connectivity index (χ4v) is 4.77. The second-order valence-corrected chi connectivity index (χ2v) is 8.52. The monoisotopic (exact) mass is 349 g/mol. The van der Waals surface area contributed by atoms with Crippen molar-refractivity contribution in [3.63, 3.8) is 0 Å². The molecule has 0 aromatic carbocycles. The number of carbonyl (C=O) groups excluding carboxylic acids is 3. The molecular weight excluding hydrogens is 330 g/mol. The maximum absolute atomic E-state index is 12.3. The molecule has 2 saturated heterocycles. The second-order valence-electron chi connectivity index (χ2n) is 5.83. The molecule has 130 valence electrons. The molecule has 2 aliphatic heterocycles. The summed E-state index contributed by atoms with van der Waals surface area (Å²) < 4.78 is 37.1. The summed E-state index contributed by atoms with van der Waals surface area (Å²) in [5, 5.41) is -0.988. The third-order valence-corrected chi connectivity index (χ3v) is 6.80. The normalized spacial score (nSPS) is 26.9. The van der Waals surface area contributed by atoms with Crippen LogP contribution in [0.1, 0.15) is 33.6 Å². The number of esters is 1. The van der Waals surface area contributed by atoms with Crippen LogP contribution < -0.4 is 0 Å². The average Bonchev–Trinajstić information content (AvgIpc) is 2.58. The Kier molecular flexibility index (Phi) is 4.56. The molecule has 2 aliphatic rings. The maximum Gasteiger partial charge on any atom is 0.511 e. The molecule has 0 unspecified atom stereocenters. The van der Waals surface area contributed by atoms with Gasteiger partial charge in [0.2, 0.25) is 12.7 Å². The molecule has 0 bridgehead atoms. The van der Waals surface area contributed by atoms with Crippen LogP contribution in [0.5, 0.6) is 0 Å². The van der Waals surface area contributed by atoms with Crippen molar-refractivity contribution in [1.29, 1.82) is 0 Å². The van der Waals surface area contributed by atoms with Gasteiger partial charge in [0.1, 0.15) is 11.4 Å². The number of ether oxygens (including phenoxy) is 3. The number of nitrogens with zero attached hydrogens (tertiary/aromatic N) is 1. The summed E-state index contributed by atoms with van der Waals surface area (Å²) in [6.07, 6.45) is -0.507. The van der Waals surface area contributed by atoms with Gasteiger partial charge in [-0.3, -0.25) is 4.79 Å². The Morgan fingerprint density at radius 2 is 1.91 bits per heavy atom. The van der Waals surface area contributed by atoms with Crippen LogP contribution in [0.2, 0.25) is 0 Å². The lowest BCUT2D eigenvalue weighted by molar-refractivity contribution is -0.168. The van der Waals surface area contributed by atoms with Gasteiger partial charge in [-0.05, 0) is 20.3 Å². The highest BCUT2D eigenvalue weighted by Gasteiger charge is 2.68. The van der Waals surface area contributed by atoms with Gasteiger partial charge in [0, 0.05) is 0 Å². The lowest BCUT2D eigenvalue weighted by atomic mass is 9.98. The smallest absolute Gasteiger partial charge is 0.434 e. The first kappa shape index (κ1) is 17.5. The Morgan fingerprint density at radius 1 is 1.26 bits per heavy atom. The van der Waals surface area contributed by atoms with Gasteiger partial charge < -0.3 is 19.1 Å². The lowest BCUT2D eigenvalue weighted by Gasteiger charge is -2.36. The Labute approximate surface area is 133 Å². The molecule has 0 radical (unpaired) electrons. The van der Waals surface area contributed by atoms with Gasteiger partial charge in [0.25, 0.3) is 0 Å². The van der Waals surface area contributed by atoms with Crippen LogP contribution in [0.3, 0.4) is 0 Å². The zero-order chi connectivity index (χ0) is 17.4. The molecule has 0 spiro atoms. The molecule has 10 heteroatoms. The van der Waals surface area contributed by atoms with Crippen LogP contribution in [0.25, 0.3) is 0 Å². The fraction of sp³-hybridized carbons (Fsp3) is 0.769. The average molecular weight is 349 g/mol. The first-order valence-corrected chi connectivity index (χ1v) is 8.70. The minimum atomic E-state index is -3.67. The largest absolute Gasteiger partial charge is 0.511 e. The Hall–Kier alpha value is -1.84. The van der Waals surface area contributed by atoms with Gasteiger partial charge in [-0.15, -0.1) is 0 Å². The van der Waals surface area contributed by atoms with E-state index in [1.54, 1.807) is 6.92 Å². The Morgan fingerprint density at radius 3 is 2.48 bits per heavy atom. The summed E-state index contributed by atoms with van der Waals surface area (Å²) in [5.41, 5.74) is 0. The van der Waals surface area contributed by atoms with E-state index in [9.17, 15) is 22.8 Å². The number of hydrogen-bond donors (Lipinski definition) is 0. The van der Waals surface area contributed by atoms with Crippen LogP contribution in [0.15, 0.2) is 0 Å². The number of β-lactam (4-membered cyclic amide) rings is 1. The van der Waals surface area contributed by atoms with E-state index < -0.39 is 50.8 Å². The van der Waals surface area contributed by atoms with Gasteiger partial charge >= 0.3 is 12.1 Å². The molecule has 0 aromatic rings. The van der Waals surface area contributed by atoms with Crippen molar-refractivity contribution >= 4 is 27.9 Å². The second kappa shape index (κ2) is 5.99. The summed E-state index contributed by atoms with van der Waals surface area (Å²) in [6.45, 7) is 4.01. The predicted molar refractivity (Wildman–Crippen MR) is 75.7 cm³/mol. The third kappa shape index (κ3) is 2.75. The molecule has 1 amide bonds. The lowest BCUT2D eigenvalue weighted by Crippen LogP contribution is -2.57. The predicted octanol–water partition coefficient (Wildman–Crippen LogP) is 0.184. The first-order valence-electron chi connectivity index (χ1n) is 7.15. The molecule has 2 atom stereocenters. The molecule has 23 heavy (non-hydrogen) atoms. The maximum atomic E-state index is 12.3. The van der Waals surface area contributed by atoms with Crippen molar-refractivity contribution in [3.05, 3.63) is 0 Å². The van der Waals surface area contributed by atoms with E-state index in [1.807, 2.05) is 0 Å². The van der Waals surface area contributed by atoms with E-state index in [1.165, 1.54) is 13.8 Å². The van der Waals surface area contributed by atoms with E-state index in [0.29, 0.717) is 6.42 Å². The van der Waals surface area contributed by atoms with Gasteiger partial charge in [0.15, 0.2) is 9.84 Å². The summed E-state index contributed by atoms with van der Waals surface area (Å²) in [6, 6.07) is -1.26. The minimum absolute atomic E-state index is 0.130. The SMILES string of the molecule is CCCOC(=O)OCOC(=O)[C@@H]1N2C(=O)C[C@H]2S(=O)(=O)C1(C)C. The van der Waals surface area contributed by atoms with Gasteiger partial charge in [0.05, 0.1) is 17.8 Å². The van der Waals surface area contributed by atoms with Crippen LogP contribution in [0, 0.1) is 0 Å². The van der Waals surface area contributed by atoms with E-state index in [2.05, 4.69) is 9.47 Å². The molecule has 0 aliphatic carbocycles. The summed E-state index contributed by atoms with van der Waals surface area (Å²) in [7, 11) is -3.67. The van der Waals surface area contributed by atoms with Crippen molar-refractivity contribution in [2.75, 3.05) is 13.4 Å². The van der Waals surface area contributed by atoms with Gasteiger partial charge in [-0.25, -0.2) is 18.0 Å². The molecule has 2 rings (SSSR count). The number of carbonyl (C=O) groups is 3. The van der Waals surface area contributed by atoms with E-state index in [0.717, 1.165) is 4.90 Å². The minimum Gasteiger partial charge on any atom is -0.434 e. The highest BCUT2D eigenvalue weighted by molar-refractivity contribution is 7.93. The van der Waals surface area contributed by atoms with Crippen molar-refractivity contribution < 1.29 is 37.0 Å². The summed E-state index contributed by atoms with van der Waals surface area (Å²) in [4.78, 5) is 36.0. The fourth-order valence-electron chi connectivity index (χ4n) is 2.65. The zero-order valence-corrected chi connectivity index (χ0v) is 13.9. The third-order valence-electron chi connectivity index (χ3n) is 4.00. The number of rotatable bonds is 5. The van der Waals surface area contributed by atoms with Crippen molar-refractivity contribution in [2.45, 2.75) is 49.8 Å². The highest BCUT2D eigenvalue weighted by atomic mass is 32.2. The van der Waals surface area contributed by atoms with Crippen LogP contribution in [-0.2, 0) is 33.6 Å². The molecule has 2 heterocycles. The van der Waals surface area contributed by atoms with Gasteiger partial charge in [-0.2, -0.15) is 0 Å². The molecule has 0 saturated carbocycles. The molecule has 0 N–H and O–H groups in total. The van der Waals surface area contributed by atoms with Gasteiger partial charge in [-0.1, -0.05) is 6.92 Å². The van der Waals surface area contributed by atoms with Crippen molar-refractivity contribution in [1.82, 2.24) is 4.90 Å². The van der Waals surface area contributed by atoms with E-state index in [4.69, 9.17) is 4.74 Å². The molecule has 9 nitrogen and oxygen atoms in total. The first-order chi connectivity index (χ1) is 10.6. The standard InChI is InChI=1S/C13H19NO8S/c1-4-5-20-12(17)22-7-21-11(16)10-13(2,3)23(18,19)9-6-8(15)14(9)10/h9-10H,4-7H2,1-3H3/t9-,10+/m1/s1. The Balaban J connectivity index is 1.99. The number of sulfone groups is 1.